The molecular formula is C13H17N3S. The topological polar surface area (TPSA) is 50.9 Å². The first-order valence-electron chi connectivity index (χ1n) is 5.62. The van der Waals surface area contributed by atoms with Crippen molar-refractivity contribution in [3.63, 3.8) is 0 Å². The van der Waals surface area contributed by atoms with Gasteiger partial charge in [0.2, 0.25) is 0 Å². The molecule has 90 valence electrons. The van der Waals surface area contributed by atoms with E-state index in [1.165, 1.54) is 5.56 Å². The molecule has 0 spiro atoms. The molecule has 0 amide bonds. The van der Waals surface area contributed by atoms with Gasteiger partial charge in [0.25, 0.3) is 0 Å². The summed E-state index contributed by atoms with van der Waals surface area (Å²) in [5.41, 5.74) is 10.1. The molecule has 4 heteroatoms. The highest BCUT2D eigenvalue weighted by Crippen LogP contribution is 2.13. The number of aromatic nitrogens is 1. The maximum Gasteiger partial charge on any atom is 0.107 e. The fourth-order valence-corrected chi connectivity index (χ4v) is 2.39. The molecule has 0 saturated carbocycles. The molecule has 0 aliphatic rings. The Balaban J connectivity index is 1.87. The zero-order valence-corrected chi connectivity index (χ0v) is 11.0. The molecule has 1 aromatic carbocycles. The summed E-state index contributed by atoms with van der Waals surface area (Å²) in [6, 6.07) is 6.14. The highest BCUT2D eigenvalue weighted by Gasteiger charge is 1.99. The molecule has 3 N–H and O–H groups in total. The Bertz CT molecular complexity index is 505. The summed E-state index contributed by atoms with van der Waals surface area (Å²) in [4.78, 5) is 4.41. The number of nitrogen functional groups attached to an aromatic ring is 1. The summed E-state index contributed by atoms with van der Waals surface area (Å²) in [6.45, 7) is 5.72. The molecule has 2 aromatic rings. The summed E-state index contributed by atoms with van der Waals surface area (Å²) in [5, 5.41) is 6.59. The van der Waals surface area contributed by atoms with Gasteiger partial charge in [0.05, 0.1) is 0 Å². The van der Waals surface area contributed by atoms with E-state index in [4.69, 9.17) is 5.73 Å². The van der Waals surface area contributed by atoms with E-state index in [0.717, 1.165) is 35.0 Å². The van der Waals surface area contributed by atoms with Crippen LogP contribution in [0.25, 0.3) is 0 Å². The van der Waals surface area contributed by atoms with E-state index < -0.39 is 0 Å². The van der Waals surface area contributed by atoms with E-state index in [2.05, 4.69) is 27.8 Å². The zero-order chi connectivity index (χ0) is 12.3. The van der Waals surface area contributed by atoms with Gasteiger partial charge in [0.15, 0.2) is 0 Å². The lowest BCUT2D eigenvalue weighted by Gasteiger charge is -2.06. The third-order valence-corrected chi connectivity index (χ3v) is 3.57. The van der Waals surface area contributed by atoms with Crippen LogP contribution in [0.3, 0.4) is 0 Å². The van der Waals surface area contributed by atoms with Crippen molar-refractivity contribution < 1.29 is 0 Å². The monoisotopic (exact) mass is 247 g/mol. The second-order valence-electron chi connectivity index (χ2n) is 4.18. The number of nitrogens with two attached hydrogens (primary N) is 1. The molecule has 0 aliphatic carbocycles. The summed E-state index contributed by atoms with van der Waals surface area (Å²) < 4.78 is 0. The van der Waals surface area contributed by atoms with Crippen molar-refractivity contribution in [1.29, 1.82) is 0 Å². The number of nitrogens with one attached hydrogen (secondary N) is 1. The van der Waals surface area contributed by atoms with Crippen molar-refractivity contribution in [2.24, 2.45) is 0 Å². The normalized spacial score (nSPS) is 10.7. The standard InChI is InChI=1S/C13H17N3S/c1-9-5-11(3-4-12(9)14)6-15-7-13-16-10(2)8-17-13/h3-5,8,15H,6-7,14H2,1-2H3. The van der Waals surface area contributed by atoms with Crippen molar-refractivity contribution in [2.45, 2.75) is 26.9 Å². The largest absolute Gasteiger partial charge is 0.399 e. The predicted molar refractivity (Wildman–Crippen MR) is 73.0 cm³/mol. The van der Waals surface area contributed by atoms with Gasteiger partial charge < -0.3 is 11.1 Å². The highest BCUT2D eigenvalue weighted by atomic mass is 32.1. The van der Waals surface area contributed by atoms with Crippen LogP contribution in [-0.2, 0) is 13.1 Å². The SMILES string of the molecule is Cc1csc(CNCc2ccc(N)c(C)c2)n1. The van der Waals surface area contributed by atoms with Crippen LogP contribution in [-0.4, -0.2) is 4.98 Å². The quantitative estimate of drug-likeness (QED) is 0.817. The molecule has 0 bridgehead atoms. The van der Waals surface area contributed by atoms with Crippen LogP contribution in [0.2, 0.25) is 0 Å². The van der Waals surface area contributed by atoms with Gasteiger partial charge in [-0.05, 0) is 31.0 Å². The molecule has 0 saturated heterocycles. The highest BCUT2D eigenvalue weighted by molar-refractivity contribution is 7.09. The Labute approximate surface area is 106 Å². The number of aryl methyl sites for hydroxylation is 2. The molecule has 3 nitrogen and oxygen atoms in total. The number of anilines is 1. The van der Waals surface area contributed by atoms with Crippen molar-refractivity contribution in [2.75, 3.05) is 5.73 Å². The summed E-state index contributed by atoms with van der Waals surface area (Å²) in [6.07, 6.45) is 0. The zero-order valence-electron chi connectivity index (χ0n) is 10.2. The lowest BCUT2D eigenvalue weighted by Crippen LogP contribution is -2.12. The van der Waals surface area contributed by atoms with E-state index in [0.29, 0.717) is 0 Å². The Morgan fingerprint density at radius 1 is 1.29 bits per heavy atom. The van der Waals surface area contributed by atoms with E-state index >= 15 is 0 Å². The van der Waals surface area contributed by atoms with Crippen LogP contribution in [0.15, 0.2) is 23.6 Å². The van der Waals surface area contributed by atoms with Gasteiger partial charge in [0.1, 0.15) is 5.01 Å². The minimum atomic E-state index is 0.821. The molecule has 0 atom stereocenters. The average molecular weight is 247 g/mol. The third-order valence-electron chi connectivity index (χ3n) is 2.61. The lowest BCUT2D eigenvalue weighted by molar-refractivity contribution is 0.688. The Hall–Kier alpha value is -1.39. The molecule has 2 rings (SSSR count). The number of benzene rings is 1. The van der Waals surface area contributed by atoms with Crippen LogP contribution in [0.4, 0.5) is 5.69 Å². The molecule has 0 unspecified atom stereocenters. The molecular weight excluding hydrogens is 230 g/mol. The van der Waals surface area contributed by atoms with E-state index in [-0.39, 0.29) is 0 Å². The summed E-state index contributed by atoms with van der Waals surface area (Å²) in [7, 11) is 0. The number of hydrogen-bond donors (Lipinski definition) is 2. The second kappa shape index (κ2) is 5.29. The molecule has 0 aliphatic heterocycles. The lowest BCUT2D eigenvalue weighted by atomic mass is 10.1. The van der Waals surface area contributed by atoms with Crippen molar-refractivity contribution in [1.82, 2.24) is 10.3 Å². The maximum atomic E-state index is 5.78. The fraction of sp³-hybridized carbons (Fsp3) is 0.308. The van der Waals surface area contributed by atoms with E-state index in [1.807, 2.05) is 19.9 Å². The number of rotatable bonds is 4. The second-order valence-corrected chi connectivity index (χ2v) is 5.12. The Kier molecular flexibility index (Phi) is 3.76. The smallest absolute Gasteiger partial charge is 0.107 e. The van der Waals surface area contributed by atoms with Gasteiger partial charge in [-0.2, -0.15) is 0 Å². The van der Waals surface area contributed by atoms with Crippen LogP contribution in [0.1, 0.15) is 21.8 Å². The number of thiazole rings is 1. The summed E-state index contributed by atoms with van der Waals surface area (Å²) in [5.74, 6) is 0. The number of hydrogen-bond acceptors (Lipinski definition) is 4. The predicted octanol–water partition coefficient (Wildman–Crippen LogP) is 2.63. The first-order chi connectivity index (χ1) is 8.15. The first-order valence-corrected chi connectivity index (χ1v) is 6.50. The average Bonchev–Trinajstić information content (AvgIpc) is 2.70. The number of nitrogens with zero attached hydrogens (tertiary/aromatic N) is 1. The molecule has 1 heterocycles. The summed E-state index contributed by atoms with van der Waals surface area (Å²) >= 11 is 1.70. The van der Waals surface area contributed by atoms with E-state index in [1.54, 1.807) is 11.3 Å². The maximum absolute atomic E-state index is 5.78. The molecule has 1 aromatic heterocycles. The van der Waals surface area contributed by atoms with Gasteiger partial charge in [-0.1, -0.05) is 12.1 Å². The Morgan fingerprint density at radius 3 is 2.76 bits per heavy atom. The molecule has 0 radical (unpaired) electrons. The van der Waals surface area contributed by atoms with Gasteiger partial charge in [0, 0.05) is 29.9 Å². The third kappa shape index (κ3) is 3.28. The van der Waals surface area contributed by atoms with Gasteiger partial charge >= 0.3 is 0 Å². The molecule has 17 heavy (non-hydrogen) atoms. The van der Waals surface area contributed by atoms with Crippen LogP contribution >= 0.6 is 11.3 Å². The van der Waals surface area contributed by atoms with Gasteiger partial charge in [-0.15, -0.1) is 11.3 Å². The van der Waals surface area contributed by atoms with Crippen molar-refractivity contribution in [3.8, 4) is 0 Å². The van der Waals surface area contributed by atoms with Gasteiger partial charge in [-0.3, -0.25) is 0 Å². The molecule has 0 fully saturated rings. The minimum absolute atomic E-state index is 0.821. The Morgan fingerprint density at radius 2 is 2.12 bits per heavy atom. The first kappa shape index (κ1) is 12.1. The van der Waals surface area contributed by atoms with Gasteiger partial charge in [-0.25, -0.2) is 4.98 Å². The van der Waals surface area contributed by atoms with Crippen molar-refractivity contribution in [3.05, 3.63) is 45.4 Å². The van der Waals surface area contributed by atoms with Crippen molar-refractivity contribution >= 4 is 17.0 Å². The van der Waals surface area contributed by atoms with Crippen LogP contribution < -0.4 is 11.1 Å². The fourth-order valence-electron chi connectivity index (χ4n) is 1.65. The van der Waals surface area contributed by atoms with Crippen LogP contribution in [0, 0.1) is 13.8 Å². The minimum Gasteiger partial charge on any atom is -0.399 e. The van der Waals surface area contributed by atoms with E-state index in [9.17, 15) is 0 Å². The van der Waals surface area contributed by atoms with Crippen LogP contribution in [0.5, 0.6) is 0 Å².